The van der Waals surface area contributed by atoms with Crippen molar-refractivity contribution in [3.05, 3.63) is 90.3 Å². The minimum atomic E-state index is -1.23. The molecule has 1 saturated heterocycles. The van der Waals surface area contributed by atoms with Gasteiger partial charge < -0.3 is 14.4 Å². The summed E-state index contributed by atoms with van der Waals surface area (Å²) in [6.07, 6.45) is 22.7. The number of nitrogens with zero attached hydrogens (tertiary/aromatic N) is 4. The molecule has 0 radical (unpaired) electrons. The second-order valence-electron chi connectivity index (χ2n) is 8.64. The number of allylic oxidation sites excluding steroid dienone is 8. The van der Waals surface area contributed by atoms with Crippen LogP contribution in [0.2, 0.25) is 0 Å². The number of aromatic nitrogens is 3. The van der Waals surface area contributed by atoms with E-state index in [0.29, 0.717) is 19.8 Å². The number of hydrogen-bond donors (Lipinski definition) is 0. The summed E-state index contributed by atoms with van der Waals surface area (Å²) in [5, 5.41) is 8.49. The number of anilines is 1. The molecule has 0 atom stereocenters. The van der Waals surface area contributed by atoms with Crippen molar-refractivity contribution in [2.24, 2.45) is 0 Å². The summed E-state index contributed by atoms with van der Waals surface area (Å²) in [6, 6.07) is 7.77. The average molecular weight is 514 g/mol. The first-order chi connectivity index (χ1) is 16.8. The summed E-state index contributed by atoms with van der Waals surface area (Å²) in [5.74, 6) is -1.08. The molecule has 0 saturated carbocycles. The molecule has 2 aromatic rings. The van der Waals surface area contributed by atoms with E-state index in [4.69, 9.17) is 9.47 Å². The van der Waals surface area contributed by atoms with Crippen LogP contribution >= 0.6 is 0 Å². The van der Waals surface area contributed by atoms with E-state index in [1.807, 2.05) is 52.2 Å². The van der Waals surface area contributed by atoms with Crippen molar-refractivity contribution in [2.75, 3.05) is 24.7 Å². The van der Waals surface area contributed by atoms with Gasteiger partial charge in [0, 0.05) is 30.8 Å². The molecule has 2 aliphatic heterocycles. The van der Waals surface area contributed by atoms with Crippen LogP contribution in [-0.4, -0.2) is 40.7 Å². The molecular weight excluding hydrogens is 484 g/mol. The molecule has 1 fully saturated rings. The molecule has 0 N–H and O–H groups in total. The zero-order chi connectivity index (χ0) is 23.2. The molecule has 1 amide bonds. The van der Waals surface area contributed by atoms with E-state index in [1.54, 1.807) is 0 Å². The number of aryl methyl sites for hydroxylation is 1. The van der Waals surface area contributed by atoms with E-state index in [1.165, 1.54) is 0 Å². The summed E-state index contributed by atoms with van der Waals surface area (Å²) >= 11 is 0. The third-order valence-corrected chi connectivity index (χ3v) is 6.34. The van der Waals surface area contributed by atoms with Crippen LogP contribution in [-0.2, 0) is 43.7 Å². The number of amides is 1. The molecule has 2 aliphatic carbocycles. The first kappa shape index (κ1) is 25.3. The van der Waals surface area contributed by atoms with Crippen molar-refractivity contribution >= 4 is 11.6 Å². The van der Waals surface area contributed by atoms with Gasteiger partial charge in [-0.1, -0.05) is 72.0 Å². The molecule has 7 nitrogen and oxygen atoms in total. The number of carbonyl (C=O) groups is 1. The van der Waals surface area contributed by atoms with Crippen LogP contribution < -0.4 is 4.90 Å². The maximum Gasteiger partial charge on any atom is 2.00 e. The molecule has 1 aromatic heterocycles. The van der Waals surface area contributed by atoms with Crippen molar-refractivity contribution in [1.82, 2.24) is 15.0 Å². The molecule has 35 heavy (non-hydrogen) atoms. The standard InChI is InChI=1S/C22H24N4O3.C5H6.Fe/c27-21-22(28-14-15-29-22)18-10-4-5-11-20(18)26(21)13-7-1-6-12-25-16-19(23-24-25)17-8-2-3-9-17;1-2-4-5-3-1;/h2-5,8-11,16-17H,1,6-7,12-15H2;1-4H,5H2;/q;;+2. The number of benzene rings is 1. The Kier molecular flexibility index (Phi) is 8.52. The molecule has 6 rings (SSSR count). The zero-order valence-corrected chi connectivity index (χ0v) is 20.7. The van der Waals surface area contributed by atoms with Crippen molar-refractivity contribution in [2.45, 2.75) is 43.9 Å². The fraction of sp³-hybridized carbons (Fsp3) is 0.370. The number of carbonyl (C=O) groups excluding carboxylic acids is 1. The monoisotopic (exact) mass is 514 g/mol. The van der Waals surface area contributed by atoms with E-state index >= 15 is 0 Å². The molecule has 0 unspecified atom stereocenters. The van der Waals surface area contributed by atoms with Crippen LogP contribution in [0.4, 0.5) is 5.69 Å². The van der Waals surface area contributed by atoms with Gasteiger partial charge in [0.05, 0.1) is 24.6 Å². The molecule has 0 bridgehead atoms. The van der Waals surface area contributed by atoms with Gasteiger partial charge in [-0.3, -0.25) is 9.48 Å². The molecular formula is C27H30FeN4O3+2. The van der Waals surface area contributed by atoms with Gasteiger partial charge in [0.25, 0.3) is 11.7 Å². The maximum atomic E-state index is 13.0. The fourth-order valence-electron chi connectivity index (χ4n) is 4.62. The van der Waals surface area contributed by atoms with Gasteiger partial charge in [0.1, 0.15) is 0 Å². The van der Waals surface area contributed by atoms with Gasteiger partial charge >= 0.3 is 17.1 Å². The molecule has 4 aliphatic rings. The Bertz CT molecular complexity index is 1110. The molecule has 1 aromatic carbocycles. The minimum absolute atomic E-state index is 0. The molecule has 3 heterocycles. The van der Waals surface area contributed by atoms with Crippen LogP contribution in [0.5, 0.6) is 0 Å². The predicted octanol–water partition coefficient (Wildman–Crippen LogP) is 4.40. The van der Waals surface area contributed by atoms with Crippen molar-refractivity contribution < 1.29 is 31.3 Å². The van der Waals surface area contributed by atoms with E-state index in [9.17, 15) is 4.79 Å². The fourth-order valence-corrected chi connectivity index (χ4v) is 4.62. The number of para-hydroxylation sites is 1. The van der Waals surface area contributed by atoms with Gasteiger partial charge in [-0.2, -0.15) is 0 Å². The summed E-state index contributed by atoms with van der Waals surface area (Å²) in [6.45, 7) is 2.37. The van der Waals surface area contributed by atoms with Crippen molar-refractivity contribution in [1.29, 1.82) is 0 Å². The zero-order valence-electron chi connectivity index (χ0n) is 19.6. The van der Waals surface area contributed by atoms with Crippen LogP contribution in [0.1, 0.15) is 42.9 Å². The maximum absolute atomic E-state index is 13.0. The van der Waals surface area contributed by atoms with Gasteiger partial charge in [-0.25, -0.2) is 0 Å². The number of hydrogen-bond acceptors (Lipinski definition) is 5. The van der Waals surface area contributed by atoms with Gasteiger partial charge in [0.2, 0.25) is 0 Å². The third-order valence-electron chi connectivity index (χ3n) is 6.34. The number of ether oxygens (including phenoxy) is 2. The minimum Gasteiger partial charge on any atom is -0.336 e. The summed E-state index contributed by atoms with van der Waals surface area (Å²) in [4.78, 5) is 14.9. The quantitative estimate of drug-likeness (QED) is 0.405. The second-order valence-corrected chi connectivity index (χ2v) is 8.64. The summed E-state index contributed by atoms with van der Waals surface area (Å²) < 4.78 is 13.4. The topological polar surface area (TPSA) is 69.5 Å². The largest absolute Gasteiger partial charge is 2.00 e. The Morgan fingerprint density at radius 3 is 2.37 bits per heavy atom. The van der Waals surface area contributed by atoms with Gasteiger partial charge in [-0.05, 0) is 31.7 Å². The van der Waals surface area contributed by atoms with E-state index in [0.717, 1.165) is 49.2 Å². The van der Waals surface area contributed by atoms with E-state index < -0.39 is 5.79 Å². The molecule has 1 spiro atoms. The average Bonchev–Trinajstić information content (AvgIpc) is 3.69. The van der Waals surface area contributed by atoms with Gasteiger partial charge in [-0.15, -0.1) is 5.10 Å². The Labute approximate surface area is 216 Å². The van der Waals surface area contributed by atoms with E-state index in [2.05, 4.69) is 46.8 Å². The number of unbranched alkanes of at least 4 members (excludes halogenated alkanes) is 2. The Morgan fingerprint density at radius 1 is 0.943 bits per heavy atom. The predicted molar refractivity (Wildman–Crippen MR) is 130 cm³/mol. The number of fused-ring (bicyclic) bond motifs is 2. The summed E-state index contributed by atoms with van der Waals surface area (Å²) in [7, 11) is 0. The van der Waals surface area contributed by atoms with Crippen molar-refractivity contribution in [3.8, 4) is 0 Å². The molecule has 182 valence electrons. The first-order valence-corrected chi connectivity index (χ1v) is 12.0. The summed E-state index contributed by atoms with van der Waals surface area (Å²) in [5.41, 5.74) is 2.71. The smallest absolute Gasteiger partial charge is 0.336 e. The SMILES string of the molecule is C1=CCC=C1.O=C1N(CCCCCn2cc(C3C=CC=C3)nn2)c2ccccc2C12OCCO2.[Fe+2]. The Morgan fingerprint density at radius 2 is 1.66 bits per heavy atom. The first-order valence-electron chi connectivity index (χ1n) is 12.0. The second kappa shape index (κ2) is 11.8. The molecule has 8 heteroatoms. The van der Waals surface area contributed by atoms with Crippen molar-refractivity contribution in [3.63, 3.8) is 0 Å². The van der Waals surface area contributed by atoms with Crippen LogP contribution in [0.15, 0.2) is 79.1 Å². The van der Waals surface area contributed by atoms with Crippen LogP contribution in [0.3, 0.4) is 0 Å². The third kappa shape index (κ3) is 5.41. The van der Waals surface area contributed by atoms with Crippen LogP contribution in [0, 0.1) is 0 Å². The van der Waals surface area contributed by atoms with Crippen LogP contribution in [0.25, 0.3) is 0 Å². The Hall–Kier alpha value is -2.77. The normalized spacial score (nSPS) is 18.9. The Balaban J connectivity index is 0.000000431. The van der Waals surface area contributed by atoms with Gasteiger partial charge in [0.15, 0.2) is 0 Å². The van der Waals surface area contributed by atoms with E-state index in [-0.39, 0.29) is 28.9 Å². The number of rotatable bonds is 7.